The van der Waals surface area contributed by atoms with Crippen LogP contribution in [0.25, 0.3) is 0 Å². The van der Waals surface area contributed by atoms with Crippen LogP contribution in [0, 0.1) is 0 Å². The van der Waals surface area contributed by atoms with E-state index >= 15 is 0 Å². The fourth-order valence-corrected chi connectivity index (χ4v) is 4.37. The molecule has 0 aliphatic carbocycles. The molecular weight excluding hydrogens is 368 g/mol. The van der Waals surface area contributed by atoms with Gasteiger partial charge in [-0.2, -0.15) is 4.31 Å². The lowest BCUT2D eigenvalue weighted by molar-refractivity contribution is -0.151. The van der Waals surface area contributed by atoms with Crippen LogP contribution in [0.1, 0.15) is 26.7 Å². The van der Waals surface area contributed by atoms with E-state index in [1.807, 2.05) is 0 Å². The van der Waals surface area contributed by atoms with Crippen LogP contribution in [0.5, 0.6) is 0 Å². The summed E-state index contributed by atoms with van der Waals surface area (Å²) in [5.74, 6) is -1.14. The molecule has 1 saturated heterocycles. The van der Waals surface area contributed by atoms with E-state index in [1.165, 1.54) is 24.3 Å². The van der Waals surface area contributed by atoms with Gasteiger partial charge >= 0.3 is 5.97 Å². The largest absolute Gasteiger partial charge is 0.454 e. The standard InChI is InChI=1S/C16H21ClN2O5S/c1-11(2)18-15(20)10-24-16(21)14-4-3-9-19(14)25(22,23)13-7-5-12(17)6-8-13/h5-8,11,14H,3-4,9-10H2,1-2H3,(H,18,20)/t14-/m0/s1. The highest BCUT2D eigenvalue weighted by atomic mass is 35.5. The quantitative estimate of drug-likeness (QED) is 0.746. The van der Waals surface area contributed by atoms with Gasteiger partial charge in [0.2, 0.25) is 10.0 Å². The molecule has 1 aromatic carbocycles. The zero-order valence-electron chi connectivity index (χ0n) is 14.1. The van der Waals surface area contributed by atoms with Crippen molar-refractivity contribution in [2.75, 3.05) is 13.2 Å². The summed E-state index contributed by atoms with van der Waals surface area (Å²) >= 11 is 5.79. The van der Waals surface area contributed by atoms with Gasteiger partial charge in [0.1, 0.15) is 6.04 Å². The van der Waals surface area contributed by atoms with Crippen LogP contribution in [-0.2, 0) is 24.3 Å². The molecule has 0 aromatic heterocycles. The second kappa shape index (κ2) is 8.16. The maximum absolute atomic E-state index is 12.7. The van der Waals surface area contributed by atoms with Crippen LogP contribution in [0.3, 0.4) is 0 Å². The Hall–Kier alpha value is -1.64. The molecule has 138 valence electrons. The van der Waals surface area contributed by atoms with Crippen LogP contribution in [-0.4, -0.2) is 49.8 Å². The average molecular weight is 389 g/mol. The number of carbonyl (C=O) groups excluding carboxylic acids is 2. The molecule has 25 heavy (non-hydrogen) atoms. The molecule has 0 unspecified atom stereocenters. The van der Waals surface area contributed by atoms with Crippen molar-refractivity contribution < 1.29 is 22.7 Å². The van der Waals surface area contributed by atoms with Gasteiger partial charge in [0.05, 0.1) is 4.90 Å². The average Bonchev–Trinajstić information content (AvgIpc) is 3.03. The number of rotatable bonds is 6. The second-order valence-electron chi connectivity index (χ2n) is 6.06. The highest BCUT2D eigenvalue weighted by molar-refractivity contribution is 7.89. The first-order valence-corrected chi connectivity index (χ1v) is 9.77. The number of benzene rings is 1. The van der Waals surface area contributed by atoms with E-state index in [0.717, 1.165) is 4.31 Å². The maximum Gasteiger partial charge on any atom is 0.324 e. The van der Waals surface area contributed by atoms with Crippen molar-refractivity contribution in [2.24, 2.45) is 0 Å². The monoisotopic (exact) mass is 388 g/mol. The molecule has 9 heteroatoms. The van der Waals surface area contributed by atoms with E-state index in [2.05, 4.69) is 5.32 Å². The molecule has 7 nitrogen and oxygen atoms in total. The lowest BCUT2D eigenvalue weighted by Gasteiger charge is -2.22. The number of halogens is 1. The van der Waals surface area contributed by atoms with Gasteiger partial charge in [-0.1, -0.05) is 11.6 Å². The van der Waals surface area contributed by atoms with Crippen molar-refractivity contribution in [3.8, 4) is 0 Å². The van der Waals surface area contributed by atoms with Crippen molar-refractivity contribution in [3.63, 3.8) is 0 Å². The minimum Gasteiger partial charge on any atom is -0.454 e. The fourth-order valence-electron chi connectivity index (χ4n) is 2.60. The zero-order valence-corrected chi connectivity index (χ0v) is 15.6. The van der Waals surface area contributed by atoms with Crippen LogP contribution in [0.2, 0.25) is 5.02 Å². The number of amides is 1. The van der Waals surface area contributed by atoms with Crippen LogP contribution >= 0.6 is 11.6 Å². The molecule has 0 saturated carbocycles. The normalized spacial score (nSPS) is 18.3. The van der Waals surface area contributed by atoms with Gasteiger partial charge in [-0.15, -0.1) is 0 Å². The van der Waals surface area contributed by atoms with E-state index < -0.39 is 34.5 Å². The van der Waals surface area contributed by atoms with Gasteiger partial charge in [0.25, 0.3) is 5.91 Å². The smallest absolute Gasteiger partial charge is 0.324 e. The van der Waals surface area contributed by atoms with E-state index in [9.17, 15) is 18.0 Å². The second-order valence-corrected chi connectivity index (χ2v) is 8.38. The number of hydrogen-bond donors (Lipinski definition) is 1. The summed E-state index contributed by atoms with van der Waals surface area (Å²) < 4.78 is 31.6. The maximum atomic E-state index is 12.7. The SMILES string of the molecule is CC(C)NC(=O)COC(=O)[C@@H]1CCCN1S(=O)(=O)c1ccc(Cl)cc1. The Labute approximate surface area is 152 Å². The van der Waals surface area contributed by atoms with Gasteiger partial charge < -0.3 is 10.1 Å². The molecular formula is C16H21ClN2O5S. The van der Waals surface area contributed by atoms with Crippen molar-refractivity contribution in [3.05, 3.63) is 29.3 Å². The third-order valence-corrected chi connectivity index (χ3v) is 5.87. The number of hydrogen-bond acceptors (Lipinski definition) is 5. The number of ether oxygens (including phenoxy) is 1. The predicted molar refractivity (Wildman–Crippen MR) is 92.6 cm³/mol. The molecule has 1 fully saturated rings. The van der Waals surface area contributed by atoms with E-state index in [-0.39, 0.29) is 17.5 Å². The summed E-state index contributed by atoms with van der Waals surface area (Å²) in [5, 5.41) is 3.02. The number of sulfonamides is 1. The third-order valence-electron chi connectivity index (χ3n) is 3.69. The number of nitrogens with one attached hydrogen (secondary N) is 1. The molecule has 1 heterocycles. The number of esters is 1. The first-order valence-electron chi connectivity index (χ1n) is 7.95. The summed E-state index contributed by atoms with van der Waals surface area (Å²) in [4.78, 5) is 23.9. The highest BCUT2D eigenvalue weighted by Gasteiger charge is 2.40. The van der Waals surface area contributed by atoms with Crippen LogP contribution in [0.15, 0.2) is 29.2 Å². The van der Waals surface area contributed by atoms with E-state index in [0.29, 0.717) is 17.9 Å². The van der Waals surface area contributed by atoms with E-state index in [4.69, 9.17) is 16.3 Å². The van der Waals surface area contributed by atoms with Crippen molar-refractivity contribution in [1.29, 1.82) is 0 Å². The molecule has 1 aliphatic rings. The summed E-state index contributed by atoms with van der Waals surface area (Å²) in [7, 11) is -3.83. The molecule has 1 amide bonds. The van der Waals surface area contributed by atoms with Gasteiger partial charge in [-0.05, 0) is 51.0 Å². The lowest BCUT2D eigenvalue weighted by atomic mass is 10.2. The van der Waals surface area contributed by atoms with Crippen molar-refractivity contribution in [2.45, 2.75) is 43.7 Å². The Balaban J connectivity index is 2.07. The molecule has 0 bridgehead atoms. The third kappa shape index (κ3) is 4.93. The van der Waals surface area contributed by atoms with Gasteiger partial charge in [0, 0.05) is 17.6 Å². The summed E-state index contributed by atoms with van der Waals surface area (Å²) in [6.07, 6.45) is 0.905. The minimum absolute atomic E-state index is 0.0640. The molecule has 1 aromatic rings. The summed E-state index contributed by atoms with van der Waals surface area (Å²) in [5.41, 5.74) is 0. The molecule has 2 rings (SSSR count). The molecule has 1 aliphatic heterocycles. The molecule has 0 radical (unpaired) electrons. The summed E-state index contributed by atoms with van der Waals surface area (Å²) in [6, 6.07) is 4.76. The Morgan fingerprint density at radius 1 is 1.32 bits per heavy atom. The van der Waals surface area contributed by atoms with Crippen LogP contribution in [0.4, 0.5) is 0 Å². The number of carbonyl (C=O) groups is 2. The Morgan fingerprint density at radius 2 is 1.96 bits per heavy atom. The number of nitrogens with zero attached hydrogens (tertiary/aromatic N) is 1. The van der Waals surface area contributed by atoms with Crippen LogP contribution < -0.4 is 5.32 Å². The van der Waals surface area contributed by atoms with E-state index in [1.54, 1.807) is 13.8 Å². The van der Waals surface area contributed by atoms with Gasteiger partial charge in [-0.3, -0.25) is 9.59 Å². The fraction of sp³-hybridized carbons (Fsp3) is 0.500. The Morgan fingerprint density at radius 3 is 2.56 bits per heavy atom. The highest BCUT2D eigenvalue weighted by Crippen LogP contribution is 2.27. The summed E-state index contributed by atoms with van der Waals surface area (Å²) in [6.45, 7) is 3.37. The molecule has 0 spiro atoms. The molecule has 1 atom stereocenters. The van der Waals surface area contributed by atoms with Crippen molar-refractivity contribution in [1.82, 2.24) is 9.62 Å². The Kier molecular flexibility index (Phi) is 6.42. The minimum atomic E-state index is -3.83. The predicted octanol–water partition coefficient (Wildman–Crippen LogP) is 1.56. The first kappa shape index (κ1) is 19.7. The molecule has 1 N–H and O–H groups in total. The first-order chi connectivity index (χ1) is 11.7. The van der Waals surface area contributed by atoms with Crippen molar-refractivity contribution >= 4 is 33.5 Å². The van der Waals surface area contributed by atoms with Gasteiger partial charge in [-0.25, -0.2) is 8.42 Å². The zero-order chi connectivity index (χ0) is 18.6. The topological polar surface area (TPSA) is 92.8 Å². The lowest BCUT2D eigenvalue weighted by Crippen LogP contribution is -2.42. The van der Waals surface area contributed by atoms with Gasteiger partial charge in [0.15, 0.2) is 6.61 Å². The Bertz CT molecular complexity index is 733.